The van der Waals surface area contributed by atoms with Gasteiger partial charge in [0.2, 0.25) is 11.9 Å². The van der Waals surface area contributed by atoms with E-state index in [1.165, 1.54) is 25.1 Å². The second kappa shape index (κ2) is 6.15. The van der Waals surface area contributed by atoms with Crippen LogP contribution >= 0.6 is 0 Å². The molecular weight excluding hydrogens is 324 g/mol. The Labute approximate surface area is 144 Å². The highest BCUT2D eigenvalue weighted by Crippen LogP contribution is 2.41. The topological polar surface area (TPSA) is 140 Å². The lowest BCUT2D eigenvalue weighted by Gasteiger charge is -2.46. The number of nitro groups is 1. The number of aliphatic imine (C=N–C) groups is 2. The van der Waals surface area contributed by atoms with Crippen molar-refractivity contribution in [3.63, 3.8) is 0 Å². The molecule has 0 amide bonds. The number of rotatable bonds is 3. The van der Waals surface area contributed by atoms with Crippen LogP contribution in [0.15, 0.2) is 28.2 Å². The minimum atomic E-state index is -0.700. The first kappa shape index (κ1) is 16.9. The number of Topliss-reactive ketones (excluding diaryl/α,β-unsaturated/α-hetero) is 1. The number of hydrogen-bond acceptors (Lipinski definition) is 8. The molecule has 1 heterocycles. The van der Waals surface area contributed by atoms with Gasteiger partial charge in [-0.25, -0.2) is 4.99 Å². The smallest absolute Gasteiger partial charge is 0.270 e. The van der Waals surface area contributed by atoms with E-state index in [0.717, 1.165) is 32.1 Å². The molecule has 1 aromatic carbocycles. The van der Waals surface area contributed by atoms with Gasteiger partial charge in [-0.05, 0) is 38.7 Å². The number of ketones is 1. The lowest BCUT2D eigenvalue weighted by atomic mass is 9.86. The van der Waals surface area contributed by atoms with E-state index in [1.54, 1.807) is 4.90 Å². The molecule has 0 saturated heterocycles. The van der Waals surface area contributed by atoms with Crippen LogP contribution in [0.4, 0.5) is 11.4 Å². The Morgan fingerprint density at radius 3 is 2.56 bits per heavy atom. The highest BCUT2D eigenvalue weighted by molar-refractivity contribution is 6.10. The molecule has 9 heteroatoms. The maximum Gasteiger partial charge on any atom is 0.270 e. The molecule has 25 heavy (non-hydrogen) atoms. The quantitative estimate of drug-likeness (QED) is 0.487. The average molecular weight is 344 g/mol. The number of nitro benzene ring substituents is 1. The van der Waals surface area contributed by atoms with Gasteiger partial charge in [0.05, 0.1) is 10.6 Å². The molecule has 1 aromatic rings. The summed E-state index contributed by atoms with van der Waals surface area (Å²) >= 11 is 0. The van der Waals surface area contributed by atoms with Crippen LogP contribution in [0.2, 0.25) is 0 Å². The molecule has 1 fully saturated rings. The zero-order valence-corrected chi connectivity index (χ0v) is 13.9. The van der Waals surface area contributed by atoms with Crippen molar-refractivity contribution < 1.29 is 9.72 Å². The number of nitrogens with two attached hydrogens (primary N) is 2. The number of benzene rings is 1. The molecule has 1 aliphatic carbocycles. The van der Waals surface area contributed by atoms with Crippen molar-refractivity contribution in [3.8, 4) is 0 Å². The van der Waals surface area contributed by atoms with E-state index in [1.807, 2.05) is 0 Å². The predicted octanol–water partition coefficient (Wildman–Crippen LogP) is 1.91. The van der Waals surface area contributed by atoms with Gasteiger partial charge < -0.3 is 11.5 Å². The summed E-state index contributed by atoms with van der Waals surface area (Å²) in [6.07, 6.45) is 4.42. The van der Waals surface area contributed by atoms with Gasteiger partial charge in [0.1, 0.15) is 5.66 Å². The zero-order valence-electron chi connectivity index (χ0n) is 13.9. The largest absolute Gasteiger partial charge is 0.369 e. The molecule has 0 aromatic heterocycles. The molecule has 0 unspecified atom stereocenters. The Morgan fingerprint density at radius 1 is 1.28 bits per heavy atom. The molecule has 132 valence electrons. The van der Waals surface area contributed by atoms with Crippen molar-refractivity contribution in [1.29, 1.82) is 0 Å². The van der Waals surface area contributed by atoms with E-state index in [2.05, 4.69) is 9.98 Å². The molecule has 0 radical (unpaired) electrons. The number of guanidine groups is 2. The Kier molecular flexibility index (Phi) is 4.15. The van der Waals surface area contributed by atoms with Crippen LogP contribution in [0.1, 0.15) is 49.4 Å². The lowest BCUT2D eigenvalue weighted by Crippen LogP contribution is -2.58. The molecule has 3 rings (SSSR count). The summed E-state index contributed by atoms with van der Waals surface area (Å²) in [5, 5.41) is 11.1. The monoisotopic (exact) mass is 344 g/mol. The van der Waals surface area contributed by atoms with Crippen molar-refractivity contribution in [2.75, 3.05) is 4.90 Å². The van der Waals surface area contributed by atoms with Crippen molar-refractivity contribution in [2.24, 2.45) is 21.5 Å². The van der Waals surface area contributed by atoms with Crippen molar-refractivity contribution in [2.45, 2.75) is 44.7 Å². The molecule has 1 spiro atoms. The first-order valence-corrected chi connectivity index (χ1v) is 8.13. The average Bonchev–Trinajstić information content (AvgIpc) is 2.54. The maximum absolute atomic E-state index is 12.1. The second-order valence-corrected chi connectivity index (χ2v) is 6.33. The van der Waals surface area contributed by atoms with E-state index in [9.17, 15) is 14.9 Å². The third-order valence-electron chi connectivity index (χ3n) is 4.66. The van der Waals surface area contributed by atoms with E-state index in [0.29, 0.717) is 5.69 Å². The third kappa shape index (κ3) is 2.92. The summed E-state index contributed by atoms with van der Waals surface area (Å²) < 4.78 is 0. The van der Waals surface area contributed by atoms with Gasteiger partial charge in [0, 0.05) is 17.7 Å². The van der Waals surface area contributed by atoms with Gasteiger partial charge in [-0.15, -0.1) is 0 Å². The van der Waals surface area contributed by atoms with Crippen molar-refractivity contribution in [3.05, 3.63) is 33.9 Å². The maximum atomic E-state index is 12.1. The van der Waals surface area contributed by atoms with Gasteiger partial charge in [-0.3, -0.25) is 19.8 Å². The summed E-state index contributed by atoms with van der Waals surface area (Å²) in [6.45, 7) is 1.37. The van der Waals surface area contributed by atoms with Gasteiger partial charge in [-0.1, -0.05) is 6.42 Å². The highest BCUT2D eigenvalue weighted by Gasteiger charge is 2.43. The Balaban J connectivity index is 2.17. The van der Waals surface area contributed by atoms with Crippen molar-refractivity contribution >= 4 is 29.1 Å². The van der Waals surface area contributed by atoms with Gasteiger partial charge in [-0.2, -0.15) is 4.99 Å². The molecule has 1 saturated carbocycles. The summed E-state index contributed by atoms with van der Waals surface area (Å²) in [4.78, 5) is 33.0. The third-order valence-corrected chi connectivity index (χ3v) is 4.66. The van der Waals surface area contributed by atoms with Crippen LogP contribution in [-0.2, 0) is 0 Å². The molecule has 4 N–H and O–H groups in total. The Bertz CT molecular complexity index is 795. The Hall–Kier alpha value is -2.97. The zero-order chi connectivity index (χ0) is 18.2. The standard InChI is InChI=1S/C16H20N6O3/c1-10(23)12-9-11(22(24)25)5-6-13(12)21-15(18)19-14(17)20-16(21)7-3-2-4-8-16/h5-6,9H,2-4,7-8H2,1H3,(H4,17,18,19,20). The molecule has 1 aliphatic heterocycles. The second-order valence-electron chi connectivity index (χ2n) is 6.33. The number of carbonyl (C=O) groups excluding carboxylic acids is 1. The van der Waals surface area contributed by atoms with Gasteiger partial charge in [0.25, 0.3) is 5.69 Å². The fraction of sp³-hybridized carbons (Fsp3) is 0.438. The van der Waals surface area contributed by atoms with Crippen LogP contribution in [-0.4, -0.2) is 28.3 Å². The van der Waals surface area contributed by atoms with E-state index in [4.69, 9.17) is 11.5 Å². The molecule has 0 atom stereocenters. The first-order chi connectivity index (χ1) is 11.8. The normalized spacial score (nSPS) is 19.3. The fourth-order valence-electron chi connectivity index (χ4n) is 3.58. The predicted molar refractivity (Wildman–Crippen MR) is 94.6 cm³/mol. The molecule has 0 bridgehead atoms. The van der Waals surface area contributed by atoms with Crippen LogP contribution < -0.4 is 16.4 Å². The molecular formula is C16H20N6O3. The minimum absolute atomic E-state index is 0.113. The van der Waals surface area contributed by atoms with Crippen molar-refractivity contribution in [1.82, 2.24) is 0 Å². The van der Waals surface area contributed by atoms with Gasteiger partial charge >= 0.3 is 0 Å². The van der Waals surface area contributed by atoms with Crippen LogP contribution in [0.3, 0.4) is 0 Å². The number of anilines is 1. The SMILES string of the molecule is CC(=O)c1cc([N+](=O)[O-])ccc1N1C(N)=NC(N)=NC12CCCCC2. The number of nitrogens with zero attached hydrogens (tertiary/aromatic N) is 4. The van der Waals surface area contributed by atoms with Crippen LogP contribution in [0.5, 0.6) is 0 Å². The van der Waals surface area contributed by atoms with E-state index < -0.39 is 10.6 Å². The Morgan fingerprint density at radius 2 is 1.96 bits per heavy atom. The van der Waals surface area contributed by atoms with E-state index >= 15 is 0 Å². The summed E-state index contributed by atoms with van der Waals surface area (Å²) in [7, 11) is 0. The summed E-state index contributed by atoms with van der Waals surface area (Å²) in [5.41, 5.74) is 11.8. The van der Waals surface area contributed by atoms with Crippen LogP contribution in [0.25, 0.3) is 0 Å². The number of hydrogen-bond donors (Lipinski definition) is 2. The number of carbonyl (C=O) groups is 1. The lowest BCUT2D eigenvalue weighted by molar-refractivity contribution is -0.384. The summed E-state index contributed by atoms with van der Waals surface area (Å²) in [5.74, 6) is -0.0346. The highest BCUT2D eigenvalue weighted by atomic mass is 16.6. The summed E-state index contributed by atoms with van der Waals surface area (Å²) in [6, 6.07) is 4.15. The molecule has 2 aliphatic rings. The minimum Gasteiger partial charge on any atom is -0.369 e. The fourth-order valence-corrected chi connectivity index (χ4v) is 3.58. The van der Waals surface area contributed by atoms with Gasteiger partial charge in [0.15, 0.2) is 5.78 Å². The first-order valence-electron chi connectivity index (χ1n) is 8.13. The number of non-ortho nitro benzene ring substituents is 1. The van der Waals surface area contributed by atoms with Crippen LogP contribution in [0, 0.1) is 10.1 Å². The van der Waals surface area contributed by atoms with E-state index in [-0.39, 0.29) is 29.0 Å². The molecule has 9 nitrogen and oxygen atoms in total.